The van der Waals surface area contributed by atoms with Crippen LogP contribution in [0.15, 0.2) is 24.3 Å². The number of hydrogen-bond acceptors (Lipinski definition) is 4. The van der Waals surface area contributed by atoms with Crippen molar-refractivity contribution in [3.05, 3.63) is 35.4 Å². The Morgan fingerprint density at radius 3 is 2.12 bits per heavy atom. The van der Waals surface area contributed by atoms with Gasteiger partial charge in [0.1, 0.15) is 6.04 Å². The summed E-state index contributed by atoms with van der Waals surface area (Å²) >= 11 is 0. The molecule has 0 aromatic heterocycles. The van der Waals surface area contributed by atoms with E-state index >= 15 is 0 Å². The quantitative estimate of drug-likeness (QED) is 0.267. The fourth-order valence-corrected chi connectivity index (χ4v) is 1.73. The molecule has 6 nitrogen and oxygen atoms in total. The van der Waals surface area contributed by atoms with Crippen LogP contribution in [0.1, 0.15) is 22.8 Å². The lowest BCUT2D eigenvalue weighted by Gasteiger charge is -2.30. The zero-order chi connectivity index (χ0) is 20.1. The van der Waals surface area contributed by atoms with Crippen LogP contribution in [-0.4, -0.2) is 46.4 Å². The van der Waals surface area contributed by atoms with Crippen molar-refractivity contribution in [3.8, 4) is 11.8 Å². The molecule has 142 valence electrons. The molecule has 2 amide bonds. The largest absolute Gasteiger partial charge is 0.458 e. The minimum Gasteiger partial charge on any atom is -0.381 e. The van der Waals surface area contributed by atoms with E-state index in [1.165, 1.54) is 0 Å². The van der Waals surface area contributed by atoms with Gasteiger partial charge in [0, 0.05) is 17.0 Å². The van der Waals surface area contributed by atoms with E-state index in [2.05, 4.69) is 0 Å². The predicted octanol–water partition coefficient (Wildman–Crippen LogP) is 1.22. The minimum absolute atomic E-state index is 0.0666. The van der Waals surface area contributed by atoms with Gasteiger partial charge < -0.3 is 10.4 Å². The first-order valence-electron chi connectivity index (χ1n) is 6.83. The molecule has 0 bridgehead atoms. The third-order valence-corrected chi connectivity index (χ3v) is 3.17. The number of benzene rings is 1. The van der Waals surface area contributed by atoms with Crippen LogP contribution in [0.3, 0.4) is 0 Å². The van der Waals surface area contributed by atoms with Gasteiger partial charge in [-0.3, -0.25) is 14.8 Å². The predicted molar refractivity (Wildman–Crippen MR) is 77.2 cm³/mol. The number of aliphatic hydroxyl groups is 1. The summed E-state index contributed by atoms with van der Waals surface area (Å²) in [6, 6.07) is 2.02. The molecular weight excluding hydrogens is 367 g/mol. The Kier molecular flexibility index (Phi) is 6.66. The Morgan fingerprint density at radius 2 is 1.69 bits per heavy atom. The van der Waals surface area contributed by atoms with Gasteiger partial charge in [-0.2, -0.15) is 13.2 Å². The molecule has 1 rings (SSSR count). The topological polar surface area (TPSA) is 98.7 Å². The van der Waals surface area contributed by atoms with Crippen molar-refractivity contribution >= 4 is 11.8 Å². The van der Waals surface area contributed by atoms with Crippen LogP contribution in [0, 0.1) is 11.8 Å². The maximum Gasteiger partial charge on any atom is 0.458 e. The molecule has 1 aromatic carbocycles. The van der Waals surface area contributed by atoms with Crippen LogP contribution in [-0.2, 0) is 4.79 Å². The summed E-state index contributed by atoms with van der Waals surface area (Å²) in [5.41, 5.74) is -2.22. The molecule has 2 atom stereocenters. The molecule has 0 saturated carbocycles. The summed E-state index contributed by atoms with van der Waals surface area (Å²) in [6.45, 7) is 0.577. The number of rotatable bonds is 5. The highest BCUT2D eigenvalue weighted by Gasteiger charge is 2.46. The van der Waals surface area contributed by atoms with Crippen molar-refractivity contribution in [2.45, 2.75) is 31.2 Å². The van der Waals surface area contributed by atoms with E-state index in [0.29, 0.717) is 6.92 Å². The Balaban J connectivity index is 3.00. The standard InChI is InChI=1S/C15H13F5N2O4/c1-14(25,13(16)17)10(12(24)22-26)21-11(23)9-4-2-8(3-5-9)6-7-15(18,19)20/h2-5,10,13,25-26H,1H3,(H,21,23)(H,22,24)/t10-,14+/m1/s1. The number of carbonyl (C=O) groups excluding carboxylic acids is 2. The highest BCUT2D eigenvalue weighted by molar-refractivity contribution is 5.97. The molecule has 11 heteroatoms. The molecule has 0 aliphatic carbocycles. The highest BCUT2D eigenvalue weighted by atomic mass is 19.4. The summed E-state index contributed by atoms with van der Waals surface area (Å²) in [5.74, 6) is 0.264. The molecule has 26 heavy (non-hydrogen) atoms. The van der Waals surface area contributed by atoms with Gasteiger partial charge in [0.05, 0.1) is 0 Å². The van der Waals surface area contributed by atoms with Gasteiger partial charge in [0.15, 0.2) is 5.60 Å². The van der Waals surface area contributed by atoms with Crippen LogP contribution in [0.2, 0.25) is 0 Å². The smallest absolute Gasteiger partial charge is 0.381 e. The normalized spacial score (nSPS) is 14.7. The van der Waals surface area contributed by atoms with Gasteiger partial charge in [0.25, 0.3) is 18.2 Å². The Hall–Kier alpha value is -2.71. The van der Waals surface area contributed by atoms with Crippen LogP contribution >= 0.6 is 0 Å². The van der Waals surface area contributed by atoms with Crippen molar-refractivity contribution in [2.75, 3.05) is 0 Å². The molecule has 0 spiro atoms. The fraction of sp³-hybridized carbons (Fsp3) is 0.333. The summed E-state index contributed by atoms with van der Waals surface area (Å²) in [5, 5.41) is 20.1. The second-order valence-corrected chi connectivity index (χ2v) is 5.23. The second kappa shape index (κ2) is 8.11. The lowest BCUT2D eigenvalue weighted by atomic mass is 9.95. The number of nitrogens with one attached hydrogen (secondary N) is 2. The molecule has 4 N–H and O–H groups in total. The number of amides is 2. The van der Waals surface area contributed by atoms with E-state index in [9.17, 15) is 36.6 Å². The Morgan fingerprint density at radius 1 is 1.15 bits per heavy atom. The van der Waals surface area contributed by atoms with Gasteiger partial charge in [-0.05, 0) is 31.2 Å². The van der Waals surface area contributed by atoms with E-state index in [-0.39, 0.29) is 11.1 Å². The van der Waals surface area contributed by atoms with Crippen LogP contribution < -0.4 is 10.8 Å². The maximum absolute atomic E-state index is 12.9. The number of carbonyl (C=O) groups is 2. The van der Waals surface area contributed by atoms with Crippen molar-refractivity contribution in [3.63, 3.8) is 0 Å². The van der Waals surface area contributed by atoms with Crippen LogP contribution in [0.25, 0.3) is 0 Å². The Bertz CT molecular complexity index is 720. The first-order valence-corrected chi connectivity index (χ1v) is 6.83. The summed E-state index contributed by atoms with van der Waals surface area (Å²) in [7, 11) is 0. The number of hydroxylamine groups is 1. The highest BCUT2D eigenvalue weighted by Crippen LogP contribution is 2.20. The molecule has 0 radical (unpaired) electrons. The molecule has 0 unspecified atom stereocenters. The number of alkyl halides is 5. The maximum atomic E-state index is 12.9. The monoisotopic (exact) mass is 380 g/mol. The third kappa shape index (κ3) is 5.68. The molecular formula is C15H13F5N2O4. The zero-order valence-electron chi connectivity index (χ0n) is 13.1. The van der Waals surface area contributed by atoms with Gasteiger partial charge in [-0.25, -0.2) is 14.3 Å². The van der Waals surface area contributed by atoms with Crippen molar-refractivity contribution in [1.29, 1.82) is 0 Å². The van der Waals surface area contributed by atoms with Crippen molar-refractivity contribution in [1.82, 2.24) is 10.8 Å². The van der Waals surface area contributed by atoms with E-state index in [4.69, 9.17) is 5.21 Å². The van der Waals surface area contributed by atoms with E-state index < -0.39 is 36.1 Å². The van der Waals surface area contributed by atoms with Gasteiger partial charge in [-0.1, -0.05) is 5.92 Å². The molecule has 1 aromatic rings. The molecule has 0 saturated heterocycles. The van der Waals surface area contributed by atoms with E-state index in [1.807, 2.05) is 11.2 Å². The van der Waals surface area contributed by atoms with Crippen molar-refractivity contribution < 1.29 is 41.9 Å². The fourth-order valence-electron chi connectivity index (χ4n) is 1.73. The average molecular weight is 380 g/mol. The van der Waals surface area contributed by atoms with E-state index in [1.54, 1.807) is 0 Å². The van der Waals surface area contributed by atoms with Gasteiger partial charge in [-0.15, -0.1) is 0 Å². The number of halogens is 5. The molecule has 0 aliphatic heterocycles. The zero-order valence-corrected chi connectivity index (χ0v) is 13.1. The Labute approximate surface area is 144 Å². The van der Waals surface area contributed by atoms with Gasteiger partial charge >= 0.3 is 6.18 Å². The summed E-state index contributed by atoms with van der Waals surface area (Å²) in [6.07, 6.45) is -8.13. The second-order valence-electron chi connectivity index (χ2n) is 5.23. The lowest BCUT2D eigenvalue weighted by molar-refractivity contribution is -0.149. The minimum atomic E-state index is -4.69. The third-order valence-electron chi connectivity index (χ3n) is 3.17. The average Bonchev–Trinajstić information content (AvgIpc) is 2.56. The molecule has 0 aliphatic rings. The molecule has 0 heterocycles. The molecule has 0 fully saturated rings. The van der Waals surface area contributed by atoms with Crippen LogP contribution in [0.4, 0.5) is 22.0 Å². The van der Waals surface area contributed by atoms with Crippen LogP contribution in [0.5, 0.6) is 0 Å². The number of hydrogen-bond donors (Lipinski definition) is 4. The summed E-state index contributed by atoms with van der Waals surface area (Å²) in [4.78, 5) is 23.5. The first-order chi connectivity index (χ1) is 11.9. The van der Waals surface area contributed by atoms with E-state index in [0.717, 1.165) is 35.7 Å². The van der Waals surface area contributed by atoms with Crippen molar-refractivity contribution in [2.24, 2.45) is 0 Å². The summed E-state index contributed by atoms with van der Waals surface area (Å²) < 4.78 is 61.7. The van der Waals surface area contributed by atoms with Gasteiger partial charge in [0.2, 0.25) is 0 Å². The first kappa shape index (κ1) is 21.3. The SMILES string of the molecule is C[C@@](O)(C(F)F)[C@H](NC(=O)c1ccc(C#CC(F)(F)F)cc1)C(=O)NO. The lowest BCUT2D eigenvalue weighted by Crippen LogP contribution is -2.61.